The molecule has 0 aliphatic carbocycles. The van der Waals surface area contributed by atoms with Crippen molar-refractivity contribution in [2.45, 2.75) is 12.1 Å². The van der Waals surface area contributed by atoms with E-state index in [9.17, 15) is 4.79 Å². The van der Waals surface area contributed by atoms with Crippen LogP contribution >= 0.6 is 47.1 Å². The van der Waals surface area contributed by atoms with Crippen molar-refractivity contribution in [1.82, 2.24) is 15.0 Å². The predicted octanol–water partition coefficient (Wildman–Crippen LogP) is 4.13. The van der Waals surface area contributed by atoms with Crippen LogP contribution in [0.5, 0.6) is 0 Å². The normalized spacial score (nSPS) is 10.5. The molecular weight excluding hydrogens is 363 g/mol. The quantitative estimate of drug-likeness (QED) is 0.673. The number of imidazole rings is 1. The fraction of sp³-hybridized carbons (Fsp3) is 0.154. The van der Waals surface area contributed by atoms with Crippen LogP contribution in [0.4, 0.5) is 5.13 Å². The highest BCUT2D eigenvalue weighted by Crippen LogP contribution is 2.22. The minimum atomic E-state index is -0.104. The standard InChI is InChI=1S/C13H11ClN4OS2.ClH/c1-7-5-20-12(15-7)18-11(19)6-21-13-16-9-3-2-8(14)4-10(9)17-13;/h2-5H,6H2,1H3,(H,16,17)(H,15,18,19);1H. The third-order valence-electron chi connectivity index (χ3n) is 2.63. The average molecular weight is 375 g/mol. The maximum absolute atomic E-state index is 11.8. The molecule has 9 heteroatoms. The molecule has 0 unspecified atom stereocenters. The number of fused-ring (bicyclic) bond motifs is 1. The lowest BCUT2D eigenvalue weighted by Gasteiger charge is -1.99. The molecule has 3 aromatic rings. The summed E-state index contributed by atoms with van der Waals surface area (Å²) in [6.45, 7) is 1.89. The first-order chi connectivity index (χ1) is 10.1. The number of benzene rings is 1. The molecule has 0 aliphatic heterocycles. The molecule has 3 rings (SSSR count). The van der Waals surface area contributed by atoms with Gasteiger partial charge >= 0.3 is 0 Å². The van der Waals surface area contributed by atoms with Gasteiger partial charge in [0.05, 0.1) is 22.5 Å². The third-order valence-corrected chi connectivity index (χ3v) is 4.61. The van der Waals surface area contributed by atoms with E-state index in [1.54, 1.807) is 6.07 Å². The summed E-state index contributed by atoms with van der Waals surface area (Å²) in [4.78, 5) is 23.6. The molecule has 0 bridgehead atoms. The van der Waals surface area contributed by atoms with Gasteiger partial charge in [0.15, 0.2) is 10.3 Å². The molecule has 2 N–H and O–H groups in total. The van der Waals surface area contributed by atoms with Crippen LogP contribution in [0, 0.1) is 6.92 Å². The smallest absolute Gasteiger partial charge is 0.236 e. The molecule has 0 saturated carbocycles. The molecule has 116 valence electrons. The minimum absolute atomic E-state index is 0. The second-order valence-electron chi connectivity index (χ2n) is 4.33. The molecule has 22 heavy (non-hydrogen) atoms. The Bertz CT molecular complexity index is 802. The minimum Gasteiger partial charge on any atom is -0.333 e. The van der Waals surface area contributed by atoms with Gasteiger partial charge in [0, 0.05) is 10.4 Å². The summed E-state index contributed by atoms with van der Waals surface area (Å²) in [5, 5.41) is 6.62. The molecule has 5 nitrogen and oxygen atoms in total. The zero-order valence-corrected chi connectivity index (χ0v) is 14.6. The number of rotatable bonds is 4. The van der Waals surface area contributed by atoms with Crippen LogP contribution < -0.4 is 5.32 Å². The van der Waals surface area contributed by atoms with Gasteiger partial charge in [-0.25, -0.2) is 9.97 Å². The Morgan fingerprint density at radius 1 is 1.45 bits per heavy atom. The van der Waals surface area contributed by atoms with E-state index in [-0.39, 0.29) is 24.1 Å². The highest BCUT2D eigenvalue weighted by Gasteiger charge is 2.09. The monoisotopic (exact) mass is 374 g/mol. The van der Waals surface area contributed by atoms with Crippen LogP contribution in [0.3, 0.4) is 0 Å². The number of carbonyl (C=O) groups is 1. The van der Waals surface area contributed by atoms with Gasteiger partial charge in [-0.3, -0.25) is 4.79 Å². The number of halogens is 2. The Morgan fingerprint density at radius 3 is 3.00 bits per heavy atom. The van der Waals surface area contributed by atoms with Gasteiger partial charge < -0.3 is 10.3 Å². The topological polar surface area (TPSA) is 70.7 Å². The number of hydrogen-bond acceptors (Lipinski definition) is 5. The van der Waals surface area contributed by atoms with Crippen molar-refractivity contribution in [2.75, 3.05) is 11.1 Å². The number of hydrogen-bond donors (Lipinski definition) is 2. The summed E-state index contributed by atoms with van der Waals surface area (Å²) in [7, 11) is 0. The Hall–Kier alpha value is -1.28. The van der Waals surface area contributed by atoms with Crippen LogP contribution in [0.2, 0.25) is 5.02 Å². The number of amides is 1. The highest BCUT2D eigenvalue weighted by atomic mass is 35.5. The fourth-order valence-electron chi connectivity index (χ4n) is 1.73. The fourth-order valence-corrected chi connectivity index (χ4v) is 3.29. The van der Waals surface area contributed by atoms with E-state index < -0.39 is 0 Å². The molecule has 2 aromatic heterocycles. The largest absolute Gasteiger partial charge is 0.333 e. The molecule has 2 heterocycles. The van der Waals surface area contributed by atoms with Crippen LogP contribution in [0.15, 0.2) is 28.7 Å². The number of carbonyl (C=O) groups excluding carboxylic acids is 1. The second kappa shape index (κ2) is 7.32. The van der Waals surface area contributed by atoms with Gasteiger partial charge in [-0.15, -0.1) is 23.7 Å². The lowest BCUT2D eigenvalue weighted by molar-refractivity contribution is -0.113. The number of aromatic nitrogens is 3. The van der Waals surface area contributed by atoms with Crippen molar-refractivity contribution in [3.05, 3.63) is 34.3 Å². The van der Waals surface area contributed by atoms with Crippen molar-refractivity contribution in [2.24, 2.45) is 0 Å². The molecular formula is C13H12Cl2N4OS2. The van der Waals surface area contributed by atoms with Gasteiger partial charge in [-0.1, -0.05) is 23.4 Å². The zero-order chi connectivity index (χ0) is 14.8. The predicted molar refractivity (Wildman–Crippen MR) is 94.6 cm³/mol. The van der Waals surface area contributed by atoms with Gasteiger partial charge in [-0.2, -0.15) is 0 Å². The highest BCUT2D eigenvalue weighted by molar-refractivity contribution is 7.99. The molecule has 0 spiro atoms. The molecule has 1 amide bonds. The second-order valence-corrected chi connectivity index (χ2v) is 6.59. The van der Waals surface area contributed by atoms with E-state index in [0.29, 0.717) is 15.3 Å². The third kappa shape index (κ3) is 4.13. The lowest BCUT2D eigenvalue weighted by atomic mass is 10.3. The van der Waals surface area contributed by atoms with E-state index in [2.05, 4.69) is 20.3 Å². The summed E-state index contributed by atoms with van der Waals surface area (Å²) in [6.07, 6.45) is 0. The Balaban J connectivity index is 0.00000176. The van der Waals surface area contributed by atoms with Crippen LogP contribution in [0.1, 0.15) is 5.69 Å². The van der Waals surface area contributed by atoms with Gasteiger partial charge in [0.1, 0.15) is 0 Å². The maximum Gasteiger partial charge on any atom is 0.236 e. The van der Waals surface area contributed by atoms with E-state index in [1.165, 1.54) is 23.1 Å². The molecule has 1 aromatic carbocycles. The number of anilines is 1. The average Bonchev–Trinajstić information content (AvgIpc) is 3.02. The van der Waals surface area contributed by atoms with Crippen LogP contribution in [0.25, 0.3) is 11.0 Å². The Morgan fingerprint density at radius 2 is 2.27 bits per heavy atom. The summed E-state index contributed by atoms with van der Waals surface area (Å²) in [6, 6.07) is 5.44. The summed E-state index contributed by atoms with van der Waals surface area (Å²) in [5.74, 6) is 0.166. The summed E-state index contributed by atoms with van der Waals surface area (Å²) < 4.78 is 0. The molecule has 0 aliphatic rings. The van der Waals surface area contributed by atoms with E-state index in [1.807, 2.05) is 24.4 Å². The number of nitrogens with zero attached hydrogens (tertiary/aromatic N) is 2. The Labute approximate surface area is 146 Å². The number of aryl methyl sites for hydroxylation is 1. The number of aromatic amines is 1. The first-order valence-electron chi connectivity index (χ1n) is 6.10. The summed E-state index contributed by atoms with van der Waals surface area (Å²) in [5.41, 5.74) is 2.59. The first kappa shape index (κ1) is 17.1. The number of thioether (sulfide) groups is 1. The molecule has 0 radical (unpaired) electrons. The van der Waals surface area contributed by atoms with Crippen LogP contribution in [-0.4, -0.2) is 26.6 Å². The number of H-pyrrole nitrogens is 1. The van der Waals surface area contributed by atoms with Crippen LogP contribution in [-0.2, 0) is 4.79 Å². The van der Waals surface area contributed by atoms with Crippen molar-refractivity contribution in [3.8, 4) is 0 Å². The lowest BCUT2D eigenvalue weighted by Crippen LogP contribution is -2.13. The van der Waals surface area contributed by atoms with Gasteiger partial charge in [-0.05, 0) is 25.1 Å². The maximum atomic E-state index is 11.8. The van der Waals surface area contributed by atoms with Crippen molar-refractivity contribution < 1.29 is 4.79 Å². The summed E-state index contributed by atoms with van der Waals surface area (Å²) >= 11 is 8.68. The van der Waals surface area contributed by atoms with Crippen molar-refractivity contribution in [1.29, 1.82) is 0 Å². The van der Waals surface area contributed by atoms with Gasteiger partial charge in [0.2, 0.25) is 5.91 Å². The van der Waals surface area contributed by atoms with Crippen molar-refractivity contribution in [3.63, 3.8) is 0 Å². The Kier molecular flexibility index (Phi) is 5.69. The SMILES string of the molecule is Cc1csc(NC(=O)CSc2nc3ccc(Cl)cc3[nH]2)n1.Cl. The van der Waals surface area contributed by atoms with E-state index in [4.69, 9.17) is 11.6 Å². The molecule has 0 fully saturated rings. The zero-order valence-electron chi connectivity index (χ0n) is 11.4. The first-order valence-corrected chi connectivity index (χ1v) is 8.34. The number of nitrogens with one attached hydrogen (secondary N) is 2. The number of thiazole rings is 1. The molecule has 0 atom stereocenters. The van der Waals surface area contributed by atoms with Gasteiger partial charge in [0.25, 0.3) is 0 Å². The van der Waals surface area contributed by atoms with E-state index in [0.717, 1.165) is 16.7 Å². The molecule has 0 saturated heterocycles. The van der Waals surface area contributed by atoms with E-state index >= 15 is 0 Å². The van der Waals surface area contributed by atoms with Crippen molar-refractivity contribution >= 4 is 69.2 Å².